The predicted molar refractivity (Wildman–Crippen MR) is 130 cm³/mol. The van der Waals surface area contributed by atoms with Crippen molar-refractivity contribution in [2.45, 2.75) is 45.6 Å². The van der Waals surface area contributed by atoms with Crippen molar-refractivity contribution in [1.82, 2.24) is 24.4 Å². The second-order valence-electron chi connectivity index (χ2n) is 8.58. The number of ether oxygens (including phenoxy) is 1. The first-order valence-electron chi connectivity index (χ1n) is 11.7. The number of anilines is 2. The number of likely N-dealkylation sites (tertiary alicyclic amines) is 1. The van der Waals surface area contributed by atoms with Gasteiger partial charge in [-0.1, -0.05) is 12.1 Å². The van der Waals surface area contributed by atoms with Gasteiger partial charge in [-0.25, -0.2) is 15.0 Å². The standard InChI is InChI=1S/C24H33N7O2/c1-17(2)31-23-21(29-24(31)26-12-5-15-30-14-4-6-20(30)32)22(27-16-28-23)25-13-11-18-7-9-19(33-3)10-8-18/h7-10,16-17H,4-6,11-15H2,1-3H3,(H,26,29)(H,25,27,28). The van der Waals surface area contributed by atoms with Gasteiger partial charge in [0.25, 0.3) is 0 Å². The normalized spacial score (nSPS) is 13.8. The maximum Gasteiger partial charge on any atom is 0.222 e. The lowest BCUT2D eigenvalue weighted by Gasteiger charge is -2.16. The molecule has 0 aliphatic carbocycles. The Morgan fingerprint density at radius 1 is 1.12 bits per heavy atom. The molecule has 0 bridgehead atoms. The van der Waals surface area contributed by atoms with E-state index in [9.17, 15) is 4.79 Å². The minimum absolute atomic E-state index is 0.194. The lowest BCUT2D eigenvalue weighted by molar-refractivity contribution is -0.127. The second kappa shape index (κ2) is 10.5. The number of nitrogens with one attached hydrogen (secondary N) is 2. The number of fused-ring (bicyclic) bond motifs is 1. The molecule has 4 rings (SSSR count). The van der Waals surface area contributed by atoms with Gasteiger partial charge in [0.15, 0.2) is 17.0 Å². The number of imidazole rings is 1. The van der Waals surface area contributed by atoms with Gasteiger partial charge >= 0.3 is 0 Å². The Morgan fingerprint density at radius 2 is 1.94 bits per heavy atom. The molecule has 1 aliphatic heterocycles. The molecule has 1 amide bonds. The summed E-state index contributed by atoms with van der Waals surface area (Å²) < 4.78 is 7.33. The molecule has 1 aliphatic rings. The van der Waals surface area contributed by atoms with E-state index >= 15 is 0 Å². The van der Waals surface area contributed by atoms with Gasteiger partial charge in [0.05, 0.1) is 7.11 Å². The number of hydrogen-bond acceptors (Lipinski definition) is 7. The lowest BCUT2D eigenvalue weighted by atomic mass is 10.1. The number of nitrogens with zero attached hydrogens (tertiary/aromatic N) is 5. The van der Waals surface area contributed by atoms with Gasteiger partial charge in [-0.15, -0.1) is 0 Å². The van der Waals surface area contributed by atoms with E-state index in [2.05, 4.69) is 51.1 Å². The van der Waals surface area contributed by atoms with E-state index in [-0.39, 0.29) is 11.9 Å². The van der Waals surface area contributed by atoms with Crippen LogP contribution in [0.1, 0.15) is 44.7 Å². The number of amides is 1. The van der Waals surface area contributed by atoms with Gasteiger partial charge in [0, 0.05) is 38.6 Å². The van der Waals surface area contributed by atoms with Gasteiger partial charge in [-0.05, 0) is 50.8 Å². The molecular weight excluding hydrogens is 418 g/mol. The van der Waals surface area contributed by atoms with Crippen LogP contribution >= 0.6 is 0 Å². The highest BCUT2D eigenvalue weighted by atomic mass is 16.5. The van der Waals surface area contributed by atoms with Crippen LogP contribution in [-0.4, -0.2) is 63.6 Å². The first-order valence-corrected chi connectivity index (χ1v) is 11.7. The van der Waals surface area contributed by atoms with E-state index < -0.39 is 0 Å². The van der Waals surface area contributed by atoms with Crippen molar-refractivity contribution in [3.8, 4) is 5.75 Å². The summed E-state index contributed by atoms with van der Waals surface area (Å²) in [5.41, 5.74) is 2.79. The lowest BCUT2D eigenvalue weighted by Crippen LogP contribution is -2.27. The molecule has 0 atom stereocenters. The van der Waals surface area contributed by atoms with Gasteiger partial charge < -0.3 is 20.3 Å². The van der Waals surface area contributed by atoms with E-state index in [1.807, 2.05) is 17.0 Å². The summed E-state index contributed by atoms with van der Waals surface area (Å²) in [6.45, 7) is 7.38. The minimum Gasteiger partial charge on any atom is -0.497 e. The number of carbonyl (C=O) groups is 1. The summed E-state index contributed by atoms with van der Waals surface area (Å²) in [7, 11) is 1.67. The molecule has 1 aromatic carbocycles. The number of methoxy groups -OCH3 is 1. The molecule has 0 spiro atoms. The maximum atomic E-state index is 11.8. The Morgan fingerprint density at radius 3 is 2.64 bits per heavy atom. The fourth-order valence-corrected chi connectivity index (χ4v) is 4.18. The van der Waals surface area contributed by atoms with Crippen LogP contribution in [0.5, 0.6) is 5.75 Å². The van der Waals surface area contributed by atoms with Crippen LogP contribution in [0.25, 0.3) is 11.2 Å². The third kappa shape index (κ3) is 5.35. The molecule has 3 aromatic rings. The van der Waals surface area contributed by atoms with E-state index in [0.717, 1.165) is 74.1 Å². The smallest absolute Gasteiger partial charge is 0.222 e. The van der Waals surface area contributed by atoms with Crippen LogP contribution in [0.15, 0.2) is 30.6 Å². The molecule has 176 valence electrons. The molecule has 2 N–H and O–H groups in total. The molecule has 0 saturated carbocycles. The van der Waals surface area contributed by atoms with Crippen molar-refractivity contribution in [3.05, 3.63) is 36.2 Å². The Kier molecular flexibility index (Phi) is 7.26. The van der Waals surface area contributed by atoms with Crippen molar-refractivity contribution >= 4 is 28.8 Å². The number of benzene rings is 1. The Balaban J connectivity index is 1.41. The van der Waals surface area contributed by atoms with E-state index in [0.29, 0.717) is 6.42 Å². The summed E-state index contributed by atoms with van der Waals surface area (Å²) >= 11 is 0. The Hall–Kier alpha value is -3.36. The molecule has 33 heavy (non-hydrogen) atoms. The summed E-state index contributed by atoms with van der Waals surface area (Å²) in [5, 5.41) is 6.87. The number of carbonyl (C=O) groups excluding carboxylic acids is 1. The zero-order chi connectivity index (χ0) is 23.2. The van der Waals surface area contributed by atoms with Crippen molar-refractivity contribution in [2.75, 3.05) is 43.9 Å². The highest BCUT2D eigenvalue weighted by Crippen LogP contribution is 2.26. The van der Waals surface area contributed by atoms with Crippen LogP contribution < -0.4 is 15.4 Å². The zero-order valence-corrected chi connectivity index (χ0v) is 19.7. The molecular formula is C24H33N7O2. The van der Waals surface area contributed by atoms with Crippen LogP contribution in [0, 0.1) is 0 Å². The molecule has 9 heteroatoms. The van der Waals surface area contributed by atoms with Gasteiger partial charge in [0.2, 0.25) is 11.9 Å². The first kappa shape index (κ1) is 22.8. The summed E-state index contributed by atoms with van der Waals surface area (Å²) in [6.07, 6.45) is 4.99. The maximum absolute atomic E-state index is 11.8. The number of rotatable bonds is 11. The number of hydrogen-bond donors (Lipinski definition) is 2. The monoisotopic (exact) mass is 451 g/mol. The third-order valence-electron chi connectivity index (χ3n) is 5.92. The van der Waals surface area contributed by atoms with E-state index in [4.69, 9.17) is 9.72 Å². The fourth-order valence-electron chi connectivity index (χ4n) is 4.18. The largest absolute Gasteiger partial charge is 0.497 e. The van der Waals surface area contributed by atoms with Gasteiger partial charge in [-0.2, -0.15) is 0 Å². The highest BCUT2D eigenvalue weighted by Gasteiger charge is 2.20. The van der Waals surface area contributed by atoms with Crippen molar-refractivity contribution in [3.63, 3.8) is 0 Å². The Labute approximate surface area is 194 Å². The summed E-state index contributed by atoms with van der Waals surface area (Å²) in [4.78, 5) is 27.5. The van der Waals surface area contributed by atoms with Crippen molar-refractivity contribution in [1.29, 1.82) is 0 Å². The SMILES string of the molecule is COc1ccc(CCNc2ncnc3c2nc(NCCCN2CCCC2=O)n3C(C)C)cc1. The minimum atomic E-state index is 0.194. The average molecular weight is 452 g/mol. The van der Waals surface area contributed by atoms with E-state index in [1.165, 1.54) is 5.56 Å². The molecule has 0 radical (unpaired) electrons. The topological polar surface area (TPSA) is 97.2 Å². The van der Waals surface area contributed by atoms with Crippen LogP contribution in [-0.2, 0) is 11.2 Å². The molecule has 3 heterocycles. The molecule has 2 aromatic heterocycles. The quantitative estimate of drug-likeness (QED) is 0.431. The van der Waals surface area contributed by atoms with Crippen LogP contribution in [0.2, 0.25) is 0 Å². The van der Waals surface area contributed by atoms with Crippen LogP contribution in [0.3, 0.4) is 0 Å². The third-order valence-corrected chi connectivity index (χ3v) is 5.92. The average Bonchev–Trinajstić information content (AvgIpc) is 3.40. The molecule has 1 saturated heterocycles. The molecule has 0 unspecified atom stereocenters. The van der Waals surface area contributed by atoms with Crippen molar-refractivity contribution in [2.24, 2.45) is 0 Å². The second-order valence-corrected chi connectivity index (χ2v) is 8.58. The van der Waals surface area contributed by atoms with Gasteiger partial charge in [0.1, 0.15) is 12.1 Å². The zero-order valence-electron chi connectivity index (χ0n) is 19.7. The van der Waals surface area contributed by atoms with E-state index in [1.54, 1.807) is 13.4 Å². The first-order chi connectivity index (χ1) is 16.1. The van der Waals surface area contributed by atoms with Crippen molar-refractivity contribution < 1.29 is 9.53 Å². The Bertz CT molecular complexity index is 1080. The predicted octanol–water partition coefficient (Wildman–Crippen LogP) is 3.49. The summed E-state index contributed by atoms with van der Waals surface area (Å²) in [5.74, 6) is 2.64. The van der Waals surface area contributed by atoms with Crippen LogP contribution in [0.4, 0.5) is 11.8 Å². The highest BCUT2D eigenvalue weighted by molar-refractivity contribution is 5.85. The molecule has 1 fully saturated rings. The summed E-state index contributed by atoms with van der Waals surface area (Å²) in [6, 6.07) is 8.28. The number of aromatic nitrogens is 4. The van der Waals surface area contributed by atoms with Gasteiger partial charge in [-0.3, -0.25) is 9.36 Å². The molecule has 9 nitrogen and oxygen atoms in total. The fraction of sp³-hybridized carbons (Fsp3) is 0.500.